The molecule has 1 aromatic rings. The summed E-state index contributed by atoms with van der Waals surface area (Å²) in [7, 11) is 0. The Bertz CT molecular complexity index is 380. The van der Waals surface area contributed by atoms with Crippen LogP contribution in [0.25, 0.3) is 0 Å². The summed E-state index contributed by atoms with van der Waals surface area (Å²) in [5, 5.41) is 18.8. The van der Waals surface area contributed by atoms with Gasteiger partial charge >= 0.3 is 0 Å². The van der Waals surface area contributed by atoms with Crippen LogP contribution in [-0.2, 0) is 0 Å². The highest BCUT2D eigenvalue weighted by atomic mass is 32.2. The van der Waals surface area contributed by atoms with Crippen molar-refractivity contribution >= 4 is 11.8 Å². The molecule has 3 heteroatoms. The third-order valence-electron chi connectivity index (χ3n) is 1.96. The van der Waals surface area contributed by atoms with Crippen LogP contribution >= 0.6 is 11.8 Å². The lowest BCUT2D eigenvalue weighted by molar-refractivity contribution is 0.196. The molecule has 0 unspecified atom stereocenters. The van der Waals surface area contributed by atoms with Gasteiger partial charge in [-0.1, -0.05) is 19.9 Å². The molecule has 2 nitrogen and oxygen atoms in total. The zero-order chi connectivity index (χ0) is 11.4. The predicted molar refractivity (Wildman–Crippen MR) is 62.8 cm³/mol. The van der Waals surface area contributed by atoms with Crippen LogP contribution in [0.2, 0.25) is 0 Å². The van der Waals surface area contributed by atoms with Crippen LogP contribution < -0.4 is 0 Å². The van der Waals surface area contributed by atoms with Crippen molar-refractivity contribution in [3.8, 4) is 6.07 Å². The van der Waals surface area contributed by atoms with Crippen LogP contribution in [0.4, 0.5) is 0 Å². The molecule has 0 fully saturated rings. The van der Waals surface area contributed by atoms with E-state index in [1.165, 1.54) is 0 Å². The Morgan fingerprint density at radius 2 is 2.00 bits per heavy atom. The molecular weight excluding hydrogens is 206 g/mol. The molecule has 0 saturated heterocycles. The van der Waals surface area contributed by atoms with Gasteiger partial charge in [-0.05, 0) is 24.6 Å². The maximum atomic E-state index is 9.58. The van der Waals surface area contributed by atoms with Crippen LogP contribution in [0.15, 0.2) is 23.1 Å². The van der Waals surface area contributed by atoms with E-state index >= 15 is 0 Å². The van der Waals surface area contributed by atoms with E-state index in [2.05, 4.69) is 19.9 Å². The molecule has 0 spiro atoms. The Morgan fingerprint density at radius 1 is 1.33 bits per heavy atom. The van der Waals surface area contributed by atoms with E-state index in [0.717, 1.165) is 10.5 Å². The van der Waals surface area contributed by atoms with Crippen LogP contribution in [-0.4, -0.2) is 10.4 Å². The molecule has 0 bridgehead atoms. The molecule has 15 heavy (non-hydrogen) atoms. The number of aliphatic hydroxyl groups is 1. The number of benzene rings is 1. The predicted octanol–water partition coefficient (Wildman–Crippen LogP) is 3.11. The largest absolute Gasteiger partial charge is 0.389 e. The minimum atomic E-state index is -0.487. The summed E-state index contributed by atoms with van der Waals surface area (Å²) in [4.78, 5) is 0.999. The number of thioether (sulfide) groups is 1. The van der Waals surface area contributed by atoms with Gasteiger partial charge in [-0.15, -0.1) is 11.8 Å². The smallest absolute Gasteiger partial charge is 0.0992 e. The summed E-state index contributed by atoms with van der Waals surface area (Å²) in [5.74, 6) is 0. The quantitative estimate of drug-likeness (QED) is 0.797. The van der Waals surface area contributed by atoms with Crippen molar-refractivity contribution in [2.75, 3.05) is 0 Å². The monoisotopic (exact) mass is 221 g/mol. The summed E-state index contributed by atoms with van der Waals surface area (Å²) >= 11 is 1.67. The van der Waals surface area contributed by atoms with Crippen molar-refractivity contribution in [1.29, 1.82) is 5.26 Å². The third kappa shape index (κ3) is 3.26. The molecule has 0 radical (unpaired) electrons. The topological polar surface area (TPSA) is 44.0 Å². The van der Waals surface area contributed by atoms with E-state index in [1.54, 1.807) is 24.8 Å². The molecule has 0 aliphatic rings. The number of aliphatic hydroxyl groups excluding tert-OH is 1. The fourth-order valence-corrected chi connectivity index (χ4v) is 2.38. The minimum absolute atomic E-state index is 0.441. The number of nitrogens with zero attached hydrogens (tertiary/aromatic N) is 1. The van der Waals surface area contributed by atoms with E-state index in [1.807, 2.05) is 12.1 Å². The SMILES string of the molecule is CC(C)Sc1cc(C#N)ccc1[C@H](C)O. The molecule has 1 N–H and O–H groups in total. The van der Waals surface area contributed by atoms with E-state index in [-0.39, 0.29) is 0 Å². The van der Waals surface area contributed by atoms with Crippen LogP contribution in [0.1, 0.15) is 38.0 Å². The first-order valence-corrected chi connectivity index (χ1v) is 5.81. The Labute approximate surface area is 94.9 Å². The fraction of sp³-hybridized carbons (Fsp3) is 0.417. The molecule has 0 aromatic heterocycles. The van der Waals surface area contributed by atoms with Gasteiger partial charge in [0, 0.05) is 10.1 Å². The van der Waals surface area contributed by atoms with Gasteiger partial charge in [-0.25, -0.2) is 0 Å². The molecular formula is C12H15NOS. The maximum Gasteiger partial charge on any atom is 0.0992 e. The van der Waals surface area contributed by atoms with Crippen molar-refractivity contribution < 1.29 is 5.11 Å². The highest BCUT2D eigenvalue weighted by Gasteiger charge is 2.10. The van der Waals surface area contributed by atoms with Gasteiger partial charge in [0.05, 0.1) is 17.7 Å². The molecule has 1 atom stereocenters. The lowest BCUT2D eigenvalue weighted by atomic mass is 10.1. The first kappa shape index (κ1) is 12.1. The molecule has 1 rings (SSSR count). The standard InChI is InChI=1S/C12H15NOS/c1-8(2)15-12-6-10(7-13)4-5-11(12)9(3)14/h4-6,8-9,14H,1-3H3/t9-/m0/s1. The van der Waals surface area contributed by atoms with Crippen molar-refractivity contribution in [3.05, 3.63) is 29.3 Å². The van der Waals surface area contributed by atoms with E-state index < -0.39 is 6.10 Å². The molecule has 0 saturated carbocycles. The molecule has 1 aromatic carbocycles. The van der Waals surface area contributed by atoms with Crippen molar-refractivity contribution in [2.24, 2.45) is 0 Å². The second-order valence-corrected chi connectivity index (χ2v) is 5.33. The van der Waals surface area contributed by atoms with Crippen LogP contribution in [0.5, 0.6) is 0 Å². The number of rotatable bonds is 3. The second kappa shape index (κ2) is 5.20. The summed E-state index contributed by atoms with van der Waals surface area (Å²) in [6.45, 7) is 5.93. The van der Waals surface area contributed by atoms with Gasteiger partial charge in [-0.3, -0.25) is 0 Å². The van der Waals surface area contributed by atoms with Crippen molar-refractivity contribution in [1.82, 2.24) is 0 Å². The fourth-order valence-electron chi connectivity index (χ4n) is 1.31. The zero-order valence-electron chi connectivity index (χ0n) is 9.19. The molecule has 0 aliphatic carbocycles. The minimum Gasteiger partial charge on any atom is -0.389 e. The molecule has 80 valence electrons. The molecule has 0 heterocycles. The Balaban J connectivity index is 3.12. The second-order valence-electron chi connectivity index (χ2n) is 3.71. The summed E-state index contributed by atoms with van der Waals surface area (Å²) in [6.07, 6.45) is -0.487. The first-order chi connectivity index (χ1) is 7.04. The van der Waals surface area contributed by atoms with Gasteiger partial charge in [0.15, 0.2) is 0 Å². The highest BCUT2D eigenvalue weighted by Crippen LogP contribution is 2.31. The van der Waals surface area contributed by atoms with E-state index in [0.29, 0.717) is 10.8 Å². The van der Waals surface area contributed by atoms with E-state index in [4.69, 9.17) is 5.26 Å². The summed E-state index contributed by atoms with van der Waals surface area (Å²) in [6, 6.07) is 7.52. The van der Waals surface area contributed by atoms with Gasteiger partial charge in [0.25, 0.3) is 0 Å². The van der Waals surface area contributed by atoms with Crippen LogP contribution in [0.3, 0.4) is 0 Å². The van der Waals surface area contributed by atoms with Gasteiger partial charge in [-0.2, -0.15) is 5.26 Å². The number of hydrogen-bond acceptors (Lipinski definition) is 3. The zero-order valence-corrected chi connectivity index (χ0v) is 10.0. The highest BCUT2D eigenvalue weighted by molar-refractivity contribution is 8.00. The van der Waals surface area contributed by atoms with Gasteiger partial charge in [0.2, 0.25) is 0 Å². The Kier molecular flexibility index (Phi) is 4.19. The maximum absolute atomic E-state index is 9.58. The number of nitriles is 1. The first-order valence-electron chi connectivity index (χ1n) is 4.93. The normalized spacial score (nSPS) is 12.5. The van der Waals surface area contributed by atoms with Crippen molar-refractivity contribution in [3.63, 3.8) is 0 Å². The third-order valence-corrected chi connectivity index (χ3v) is 3.03. The van der Waals surface area contributed by atoms with Crippen molar-refractivity contribution in [2.45, 2.75) is 37.0 Å². The lowest BCUT2D eigenvalue weighted by Gasteiger charge is -2.13. The lowest BCUT2D eigenvalue weighted by Crippen LogP contribution is -1.97. The summed E-state index contributed by atoms with van der Waals surface area (Å²) in [5.41, 5.74) is 1.54. The molecule has 0 aliphatic heterocycles. The summed E-state index contributed by atoms with van der Waals surface area (Å²) < 4.78 is 0. The van der Waals surface area contributed by atoms with Gasteiger partial charge < -0.3 is 5.11 Å². The Morgan fingerprint density at radius 3 is 2.47 bits per heavy atom. The average molecular weight is 221 g/mol. The Hall–Kier alpha value is -0.980. The van der Waals surface area contributed by atoms with E-state index in [9.17, 15) is 5.11 Å². The number of hydrogen-bond donors (Lipinski definition) is 1. The van der Waals surface area contributed by atoms with Crippen LogP contribution in [0, 0.1) is 11.3 Å². The van der Waals surface area contributed by atoms with Gasteiger partial charge in [0.1, 0.15) is 0 Å². The average Bonchev–Trinajstić information content (AvgIpc) is 2.16. The molecule has 0 amide bonds.